The summed E-state index contributed by atoms with van der Waals surface area (Å²) in [5.74, 6) is 0. The van der Waals surface area contributed by atoms with Crippen molar-refractivity contribution < 1.29 is 5.11 Å². The van der Waals surface area contributed by atoms with Crippen molar-refractivity contribution in [3.05, 3.63) is 20.8 Å². The zero-order valence-electron chi connectivity index (χ0n) is 8.79. The van der Waals surface area contributed by atoms with Crippen molar-refractivity contribution in [2.75, 3.05) is 13.7 Å². The molecule has 0 radical (unpaired) electrons. The SMILES string of the molecule is CNC(c1cc(Br)cs1)C1(CO)CCC1. The summed E-state index contributed by atoms with van der Waals surface area (Å²) < 4.78 is 1.13. The summed E-state index contributed by atoms with van der Waals surface area (Å²) in [6.07, 6.45) is 3.50. The second kappa shape index (κ2) is 4.53. The van der Waals surface area contributed by atoms with Gasteiger partial charge >= 0.3 is 0 Å². The molecule has 1 aliphatic rings. The quantitative estimate of drug-likeness (QED) is 0.893. The highest BCUT2D eigenvalue weighted by Gasteiger charge is 2.44. The number of hydrogen-bond donors (Lipinski definition) is 2. The Morgan fingerprint density at radius 1 is 1.67 bits per heavy atom. The Bertz CT molecular complexity index is 330. The maximum absolute atomic E-state index is 9.56. The van der Waals surface area contributed by atoms with Gasteiger partial charge in [-0.15, -0.1) is 11.3 Å². The number of halogens is 1. The molecule has 15 heavy (non-hydrogen) atoms. The Morgan fingerprint density at radius 3 is 2.73 bits per heavy atom. The minimum Gasteiger partial charge on any atom is -0.396 e. The fraction of sp³-hybridized carbons (Fsp3) is 0.636. The van der Waals surface area contributed by atoms with Crippen LogP contribution in [-0.4, -0.2) is 18.8 Å². The Hall–Kier alpha value is 0.1000. The first kappa shape index (κ1) is 11.6. The van der Waals surface area contributed by atoms with Gasteiger partial charge in [0.05, 0.1) is 6.61 Å². The van der Waals surface area contributed by atoms with E-state index in [0.717, 1.165) is 17.3 Å². The van der Waals surface area contributed by atoms with Crippen molar-refractivity contribution in [1.29, 1.82) is 0 Å². The van der Waals surface area contributed by atoms with Crippen LogP contribution in [0.4, 0.5) is 0 Å². The molecule has 0 amide bonds. The second-order valence-electron chi connectivity index (χ2n) is 4.26. The zero-order chi connectivity index (χ0) is 10.9. The molecular formula is C11H16BrNOS. The lowest BCUT2D eigenvalue weighted by Crippen LogP contribution is -2.44. The summed E-state index contributed by atoms with van der Waals surface area (Å²) in [5, 5.41) is 15.0. The summed E-state index contributed by atoms with van der Waals surface area (Å²) in [4.78, 5) is 1.32. The maximum Gasteiger partial charge on any atom is 0.0505 e. The van der Waals surface area contributed by atoms with E-state index in [1.165, 1.54) is 11.3 Å². The number of nitrogens with one attached hydrogen (secondary N) is 1. The highest BCUT2D eigenvalue weighted by atomic mass is 79.9. The average Bonchev–Trinajstić information content (AvgIpc) is 2.58. The molecule has 84 valence electrons. The summed E-state index contributed by atoms with van der Waals surface area (Å²) in [5.41, 5.74) is 0.0824. The van der Waals surface area contributed by atoms with Crippen molar-refractivity contribution in [2.24, 2.45) is 5.41 Å². The van der Waals surface area contributed by atoms with Gasteiger partial charge in [-0.2, -0.15) is 0 Å². The Balaban J connectivity index is 2.23. The number of aliphatic hydroxyl groups is 1. The van der Waals surface area contributed by atoms with E-state index in [0.29, 0.717) is 6.04 Å². The van der Waals surface area contributed by atoms with E-state index in [1.807, 2.05) is 7.05 Å². The summed E-state index contributed by atoms with van der Waals surface area (Å²) in [6, 6.07) is 2.45. The van der Waals surface area contributed by atoms with Crippen molar-refractivity contribution >= 4 is 27.3 Å². The first-order valence-electron chi connectivity index (χ1n) is 5.24. The van der Waals surface area contributed by atoms with Gasteiger partial charge in [0.25, 0.3) is 0 Å². The van der Waals surface area contributed by atoms with Crippen LogP contribution in [0.25, 0.3) is 0 Å². The predicted molar refractivity (Wildman–Crippen MR) is 67.2 cm³/mol. The lowest BCUT2D eigenvalue weighted by molar-refractivity contribution is 0.00898. The van der Waals surface area contributed by atoms with Crippen molar-refractivity contribution in [2.45, 2.75) is 25.3 Å². The highest BCUT2D eigenvalue weighted by Crippen LogP contribution is 2.50. The van der Waals surface area contributed by atoms with Gasteiger partial charge in [0.2, 0.25) is 0 Å². The molecule has 2 nitrogen and oxygen atoms in total. The standard InChI is InChI=1S/C11H16BrNOS/c1-13-10(9-5-8(12)6-15-9)11(7-14)3-2-4-11/h5-6,10,13-14H,2-4,7H2,1H3. The molecule has 1 atom stereocenters. The molecule has 0 aromatic carbocycles. The van der Waals surface area contributed by atoms with Gasteiger partial charge in [-0.25, -0.2) is 0 Å². The topological polar surface area (TPSA) is 32.3 Å². The fourth-order valence-corrected chi connectivity index (χ4v) is 4.09. The Labute approximate surface area is 103 Å². The van der Waals surface area contributed by atoms with Crippen LogP contribution in [0.15, 0.2) is 15.9 Å². The van der Waals surface area contributed by atoms with Gasteiger partial charge in [-0.1, -0.05) is 6.42 Å². The van der Waals surface area contributed by atoms with E-state index in [4.69, 9.17) is 0 Å². The molecule has 1 heterocycles. The largest absolute Gasteiger partial charge is 0.396 e. The van der Waals surface area contributed by atoms with Crippen LogP contribution in [0.2, 0.25) is 0 Å². The van der Waals surface area contributed by atoms with Crippen molar-refractivity contribution in [1.82, 2.24) is 5.32 Å². The van der Waals surface area contributed by atoms with Crippen LogP contribution in [-0.2, 0) is 0 Å². The molecule has 2 N–H and O–H groups in total. The van der Waals surface area contributed by atoms with Gasteiger partial charge < -0.3 is 10.4 Å². The van der Waals surface area contributed by atoms with E-state index >= 15 is 0 Å². The van der Waals surface area contributed by atoms with Gasteiger partial charge in [0.15, 0.2) is 0 Å². The number of hydrogen-bond acceptors (Lipinski definition) is 3. The summed E-state index contributed by atoms with van der Waals surface area (Å²) in [6.45, 7) is 0.286. The Kier molecular flexibility index (Phi) is 3.50. The van der Waals surface area contributed by atoms with Crippen molar-refractivity contribution in [3.63, 3.8) is 0 Å². The smallest absolute Gasteiger partial charge is 0.0505 e. The molecule has 0 aliphatic heterocycles. The first-order valence-corrected chi connectivity index (χ1v) is 6.91. The van der Waals surface area contributed by atoms with E-state index in [9.17, 15) is 5.11 Å². The van der Waals surface area contributed by atoms with Crippen LogP contribution in [0.1, 0.15) is 30.2 Å². The van der Waals surface area contributed by atoms with Crippen LogP contribution in [0.5, 0.6) is 0 Å². The van der Waals surface area contributed by atoms with Gasteiger partial charge in [-0.3, -0.25) is 0 Å². The van der Waals surface area contributed by atoms with Crippen LogP contribution < -0.4 is 5.32 Å². The zero-order valence-corrected chi connectivity index (χ0v) is 11.2. The third-order valence-electron chi connectivity index (χ3n) is 3.44. The molecule has 4 heteroatoms. The van der Waals surface area contributed by atoms with Crippen LogP contribution in [0, 0.1) is 5.41 Å². The minimum absolute atomic E-state index is 0.0824. The minimum atomic E-state index is 0.0824. The van der Waals surface area contributed by atoms with Crippen LogP contribution >= 0.6 is 27.3 Å². The molecule has 1 fully saturated rings. The van der Waals surface area contributed by atoms with Gasteiger partial charge in [-0.05, 0) is 41.9 Å². The molecular weight excluding hydrogens is 274 g/mol. The summed E-state index contributed by atoms with van der Waals surface area (Å²) in [7, 11) is 1.98. The predicted octanol–water partition coefficient (Wildman–Crippen LogP) is 2.93. The molecule has 0 saturated heterocycles. The molecule has 0 spiro atoms. The molecule has 2 rings (SSSR count). The normalized spacial score (nSPS) is 21.0. The second-order valence-corrected chi connectivity index (χ2v) is 6.12. The van der Waals surface area contributed by atoms with Crippen molar-refractivity contribution in [3.8, 4) is 0 Å². The van der Waals surface area contributed by atoms with Crippen LogP contribution in [0.3, 0.4) is 0 Å². The first-order chi connectivity index (χ1) is 7.22. The van der Waals surface area contributed by atoms with Gasteiger partial charge in [0, 0.05) is 26.2 Å². The van der Waals surface area contributed by atoms with E-state index < -0.39 is 0 Å². The molecule has 1 unspecified atom stereocenters. The summed E-state index contributed by atoms with van der Waals surface area (Å²) >= 11 is 5.23. The molecule has 0 bridgehead atoms. The lowest BCUT2D eigenvalue weighted by Gasteiger charge is -2.46. The van der Waals surface area contributed by atoms with E-state index in [-0.39, 0.29) is 12.0 Å². The fourth-order valence-electron chi connectivity index (χ4n) is 2.40. The lowest BCUT2D eigenvalue weighted by atomic mass is 9.64. The molecule has 1 aromatic heterocycles. The average molecular weight is 290 g/mol. The van der Waals surface area contributed by atoms with Gasteiger partial charge in [0.1, 0.15) is 0 Å². The molecule has 1 saturated carbocycles. The third-order valence-corrected chi connectivity index (χ3v) is 5.20. The monoisotopic (exact) mass is 289 g/mol. The highest BCUT2D eigenvalue weighted by molar-refractivity contribution is 9.10. The number of aliphatic hydroxyl groups excluding tert-OH is 1. The molecule has 1 aromatic rings. The number of thiophene rings is 1. The van der Waals surface area contributed by atoms with E-state index in [1.54, 1.807) is 11.3 Å². The third kappa shape index (κ3) is 2.00. The number of rotatable bonds is 4. The van der Waals surface area contributed by atoms with E-state index in [2.05, 4.69) is 32.7 Å². The Morgan fingerprint density at radius 2 is 2.40 bits per heavy atom. The molecule has 1 aliphatic carbocycles. The maximum atomic E-state index is 9.56.